The van der Waals surface area contributed by atoms with Crippen LogP contribution in [-0.4, -0.2) is 31.7 Å². The Hall–Kier alpha value is -1.57. The van der Waals surface area contributed by atoms with Crippen molar-refractivity contribution in [3.8, 4) is 0 Å². The van der Waals surface area contributed by atoms with Crippen molar-refractivity contribution in [1.29, 1.82) is 0 Å². The zero-order valence-electron chi connectivity index (χ0n) is 11.3. The molecule has 0 bridgehead atoms. The van der Waals surface area contributed by atoms with Gasteiger partial charge in [-0.1, -0.05) is 6.92 Å². The summed E-state index contributed by atoms with van der Waals surface area (Å²) in [6.07, 6.45) is 2.02. The maximum absolute atomic E-state index is 12.3. The minimum absolute atomic E-state index is 0.0508. The number of aromatic amines is 1. The van der Waals surface area contributed by atoms with Crippen molar-refractivity contribution < 1.29 is 13.5 Å². The molecule has 5 N–H and O–H groups in total. The minimum atomic E-state index is -3.57. The lowest BCUT2D eigenvalue weighted by Gasteiger charge is -2.11. The van der Waals surface area contributed by atoms with Crippen molar-refractivity contribution >= 4 is 26.6 Å². The van der Waals surface area contributed by atoms with Crippen LogP contribution in [-0.2, 0) is 10.0 Å². The first kappa shape index (κ1) is 14.8. The van der Waals surface area contributed by atoms with Crippen LogP contribution < -0.4 is 10.5 Å². The van der Waals surface area contributed by atoms with E-state index in [-0.39, 0.29) is 17.4 Å². The van der Waals surface area contributed by atoms with E-state index in [9.17, 15) is 8.42 Å². The summed E-state index contributed by atoms with van der Waals surface area (Å²) in [7, 11) is -3.57. The third kappa shape index (κ3) is 3.12. The Kier molecular flexibility index (Phi) is 4.32. The molecule has 0 fully saturated rings. The number of hydrogen-bond acceptors (Lipinski definition) is 4. The summed E-state index contributed by atoms with van der Waals surface area (Å²) in [5, 5.41) is 9.44. The molecule has 0 saturated heterocycles. The molecule has 110 valence electrons. The maximum atomic E-state index is 12.3. The van der Waals surface area contributed by atoms with Crippen LogP contribution in [0, 0.1) is 5.92 Å². The smallest absolute Gasteiger partial charge is 0.242 e. The lowest BCUT2D eigenvalue weighted by molar-refractivity contribution is 0.263. The van der Waals surface area contributed by atoms with Crippen LogP contribution in [0.5, 0.6) is 0 Å². The predicted octanol–water partition coefficient (Wildman–Crippen LogP) is 1.05. The molecular weight excluding hydrogens is 278 g/mol. The molecular formula is C13H19N3O3S. The van der Waals surface area contributed by atoms with E-state index in [0.717, 1.165) is 0 Å². The van der Waals surface area contributed by atoms with E-state index >= 15 is 0 Å². The second-order valence-electron chi connectivity index (χ2n) is 4.93. The Bertz CT molecular complexity index is 694. The van der Waals surface area contributed by atoms with Crippen molar-refractivity contribution in [2.45, 2.75) is 18.2 Å². The molecule has 0 amide bonds. The number of anilines is 1. The second-order valence-corrected chi connectivity index (χ2v) is 6.66. The van der Waals surface area contributed by atoms with Gasteiger partial charge in [-0.2, -0.15) is 0 Å². The van der Waals surface area contributed by atoms with E-state index in [0.29, 0.717) is 29.6 Å². The van der Waals surface area contributed by atoms with Crippen molar-refractivity contribution in [1.82, 2.24) is 9.71 Å². The van der Waals surface area contributed by atoms with Crippen LogP contribution in [0.2, 0.25) is 0 Å². The van der Waals surface area contributed by atoms with E-state index in [4.69, 9.17) is 10.8 Å². The summed E-state index contributed by atoms with van der Waals surface area (Å²) in [4.78, 5) is 3.12. The molecule has 2 aromatic rings. The molecule has 0 spiro atoms. The maximum Gasteiger partial charge on any atom is 0.242 e. The van der Waals surface area contributed by atoms with E-state index < -0.39 is 10.0 Å². The summed E-state index contributed by atoms with van der Waals surface area (Å²) in [6.45, 7) is 2.23. The van der Waals surface area contributed by atoms with Gasteiger partial charge in [-0.05, 0) is 30.5 Å². The van der Waals surface area contributed by atoms with E-state index in [1.54, 1.807) is 18.2 Å². The van der Waals surface area contributed by atoms with Crippen LogP contribution in [0.15, 0.2) is 29.3 Å². The standard InChI is InChI=1S/C13H19N3O3S/c1-9(4-5-17)7-16-20(18,19)13-8-15-12-6-10(14)2-3-11(12)13/h2-3,6,8-9,15-17H,4-5,7,14H2,1H3. The van der Waals surface area contributed by atoms with Gasteiger partial charge in [-0.3, -0.25) is 0 Å². The molecule has 6 nitrogen and oxygen atoms in total. The van der Waals surface area contributed by atoms with Crippen LogP contribution >= 0.6 is 0 Å². The molecule has 0 aliphatic carbocycles. The number of fused-ring (bicyclic) bond motifs is 1. The fourth-order valence-corrected chi connectivity index (χ4v) is 3.33. The average Bonchev–Trinajstić information content (AvgIpc) is 2.80. The number of hydrogen-bond donors (Lipinski definition) is 4. The topological polar surface area (TPSA) is 108 Å². The lowest BCUT2D eigenvalue weighted by atomic mass is 10.1. The van der Waals surface area contributed by atoms with Crippen LogP contribution in [0.3, 0.4) is 0 Å². The predicted molar refractivity (Wildman–Crippen MR) is 78.8 cm³/mol. The summed E-state index contributed by atoms with van der Waals surface area (Å²) >= 11 is 0. The highest BCUT2D eigenvalue weighted by Crippen LogP contribution is 2.24. The third-order valence-corrected chi connectivity index (χ3v) is 4.66. The Morgan fingerprint density at radius 1 is 1.45 bits per heavy atom. The molecule has 0 radical (unpaired) electrons. The van der Waals surface area contributed by atoms with Gasteiger partial charge in [0, 0.05) is 35.9 Å². The number of benzene rings is 1. The molecule has 1 unspecified atom stereocenters. The Morgan fingerprint density at radius 3 is 2.90 bits per heavy atom. The highest BCUT2D eigenvalue weighted by molar-refractivity contribution is 7.89. The highest BCUT2D eigenvalue weighted by atomic mass is 32.2. The normalized spacial score (nSPS) is 13.7. The van der Waals surface area contributed by atoms with Gasteiger partial charge in [0.25, 0.3) is 0 Å². The summed E-state index contributed by atoms with van der Waals surface area (Å²) in [5.41, 5.74) is 6.93. The summed E-state index contributed by atoms with van der Waals surface area (Å²) in [5.74, 6) is 0.0793. The van der Waals surface area contributed by atoms with Crippen LogP contribution in [0.4, 0.5) is 5.69 Å². The largest absolute Gasteiger partial charge is 0.399 e. The number of rotatable bonds is 6. The number of H-pyrrole nitrogens is 1. The van der Waals surface area contributed by atoms with E-state index in [1.165, 1.54) is 6.20 Å². The van der Waals surface area contributed by atoms with Gasteiger partial charge in [-0.15, -0.1) is 0 Å². The first-order chi connectivity index (χ1) is 9.44. The van der Waals surface area contributed by atoms with Gasteiger partial charge in [0.05, 0.1) is 0 Å². The zero-order valence-corrected chi connectivity index (χ0v) is 12.1. The second kappa shape index (κ2) is 5.82. The first-order valence-electron chi connectivity index (χ1n) is 6.41. The first-order valence-corrected chi connectivity index (χ1v) is 7.89. The van der Waals surface area contributed by atoms with Gasteiger partial charge < -0.3 is 15.8 Å². The average molecular weight is 297 g/mol. The molecule has 0 aliphatic rings. The molecule has 7 heteroatoms. The van der Waals surface area contributed by atoms with Crippen molar-refractivity contribution in [3.05, 3.63) is 24.4 Å². The lowest BCUT2D eigenvalue weighted by Crippen LogP contribution is -2.28. The molecule has 0 aliphatic heterocycles. The molecule has 2 rings (SSSR count). The van der Waals surface area contributed by atoms with E-state index in [2.05, 4.69) is 9.71 Å². The zero-order chi connectivity index (χ0) is 14.8. The van der Waals surface area contributed by atoms with Gasteiger partial charge in [0.1, 0.15) is 4.90 Å². The number of aliphatic hydroxyl groups is 1. The Balaban J connectivity index is 2.24. The number of nitrogens with two attached hydrogens (primary N) is 1. The molecule has 1 atom stereocenters. The molecule has 1 heterocycles. The fraction of sp³-hybridized carbons (Fsp3) is 0.385. The van der Waals surface area contributed by atoms with Crippen molar-refractivity contribution in [2.24, 2.45) is 5.92 Å². The number of nitrogen functional groups attached to an aromatic ring is 1. The van der Waals surface area contributed by atoms with Crippen molar-refractivity contribution in [3.63, 3.8) is 0 Å². The monoisotopic (exact) mass is 297 g/mol. The van der Waals surface area contributed by atoms with Crippen LogP contribution in [0.1, 0.15) is 13.3 Å². The molecule has 20 heavy (non-hydrogen) atoms. The summed E-state index contributed by atoms with van der Waals surface area (Å²) in [6, 6.07) is 5.05. The van der Waals surface area contributed by atoms with E-state index in [1.807, 2.05) is 6.92 Å². The Labute approximate surface area is 118 Å². The molecule has 1 aromatic carbocycles. The number of aliphatic hydroxyl groups excluding tert-OH is 1. The number of aromatic nitrogens is 1. The highest BCUT2D eigenvalue weighted by Gasteiger charge is 2.19. The molecule has 0 saturated carbocycles. The van der Waals surface area contributed by atoms with Gasteiger partial charge in [0.2, 0.25) is 10.0 Å². The number of nitrogens with one attached hydrogen (secondary N) is 2. The Morgan fingerprint density at radius 2 is 2.20 bits per heavy atom. The summed E-state index contributed by atoms with van der Waals surface area (Å²) < 4.78 is 27.1. The minimum Gasteiger partial charge on any atom is -0.399 e. The quantitative estimate of drug-likeness (QED) is 0.597. The molecule has 1 aromatic heterocycles. The fourth-order valence-electron chi connectivity index (χ4n) is 1.99. The third-order valence-electron chi connectivity index (χ3n) is 3.20. The SMILES string of the molecule is CC(CCO)CNS(=O)(=O)c1c[nH]c2cc(N)ccc12. The number of sulfonamides is 1. The van der Waals surface area contributed by atoms with Crippen LogP contribution in [0.25, 0.3) is 10.9 Å². The van der Waals surface area contributed by atoms with Gasteiger partial charge >= 0.3 is 0 Å². The van der Waals surface area contributed by atoms with Gasteiger partial charge in [0.15, 0.2) is 0 Å². The van der Waals surface area contributed by atoms with Crippen molar-refractivity contribution in [2.75, 3.05) is 18.9 Å². The van der Waals surface area contributed by atoms with Gasteiger partial charge in [-0.25, -0.2) is 13.1 Å².